The molecule has 1 N–H and O–H groups in total. The smallest absolute Gasteiger partial charge is 0.338 e. The van der Waals surface area contributed by atoms with Crippen LogP contribution in [-0.4, -0.2) is 24.2 Å². The Balaban J connectivity index is 0.000000166. The third-order valence-corrected chi connectivity index (χ3v) is 5.50. The largest absolute Gasteiger partial charge is 0.478 e. The van der Waals surface area contributed by atoms with Crippen LogP contribution in [0.25, 0.3) is 0 Å². The second kappa shape index (κ2) is 9.16. The van der Waals surface area contributed by atoms with Crippen LogP contribution in [0.2, 0.25) is 0 Å². The highest BCUT2D eigenvalue weighted by Crippen LogP contribution is 2.27. The number of methoxy groups -OCH3 is 1. The van der Waals surface area contributed by atoms with Crippen LogP contribution in [0.1, 0.15) is 68.7 Å². The number of rotatable bonds is 2. The van der Waals surface area contributed by atoms with Gasteiger partial charge < -0.3 is 9.84 Å². The average Bonchev–Trinajstić information content (AvgIpc) is 2.72. The molecule has 0 aromatic heterocycles. The van der Waals surface area contributed by atoms with Gasteiger partial charge in [0.2, 0.25) is 0 Å². The summed E-state index contributed by atoms with van der Waals surface area (Å²) in [6, 6.07) is 5.38. The van der Waals surface area contributed by atoms with Crippen LogP contribution in [0, 0.1) is 11.6 Å². The van der Waals surface area contributed by atoms with Gasteiger partial charge in [0.15, 0.2) is 0 Å². The number of halogens is 2. The number of carboxylic acid groups (broad SMARTS) is 1. The van der Waals surface area contributed by atoms with Crippen LogP contribution in [-0.2, 0) is 30.4 Å². The number of benzene rings is 2. The highest BCUT2D eigenvalue weighted by molar-refractivity contribution is 5.91. The topological polar surface area (TPSA) is 63.6 Å². The second-order valence-electron chi connectivity index (χ2n) is 7.39. The van der Waals surface area contributed by atoms with Gasteiger partial charge in [-0.1, -0.05) is 0 Å². The maximum Gasteiger partial charge on any atom is 0.338 e. The van der Waals surface area contributed by atoms with Crippen LogP contribution in [0.3, 0.4) is 0 Å². The van der Waals surface area contributed by atoms with Gasteiger partial charge >= 0.3 is 11.9 Å². The lowest BCUT2D eigenvalue weighted by atomic mass is 9.88. The first-order valence-electron chi connectivity index (χ1n) is 9.85. The van der Waals surface area contributed by atoms with E-state index in [1.54, 1.807) is 0 Å². The first-order valence-corrected chi connectivity index (χ1v) is 9.85. The van der Waals surface area contributed by atoms with Crippen molar-refractivity contribution in [2.45, 2.75) is 51.4 Å². The van der Waals surface area contributed by atoms with Gasteiger partial charge in [0.05, 0.1) is 18.2 Å². The molecule has 0 aliphatic heterocycles. The number of hydrogen-bond donors (Lipinski definition) is 1. The summed E-state index contributed by atoms with van der Waals surface area (Å²) < 4.78 is 30.9. The van der Waals surface area contributed by atoms with Gasteiger partial charge in [-0.3, -0.25) is 0 Å². The monoisotopic (exact) mass is 402 g/mol. The van der Waals surface area contributed by atoms with E-state index in [-0.39, 0.29) is 11.4 Å². The summed E-state index contributed by atoms with van der Waals surface area (Å²) in [5.41, 5.74) is 4.15. The summed E-state index contributed by atoms with van der Waals surface area (Å²) in [5.74, 6) is -2.26. The molecule has 154 valence electrons. The predicted octanol–water partition coefficient (Wildman–Crippen LogP) is 4.89. The van der Waals surface area contributed by atoms with Crippen molar-refractivity contribution in [2.75, 3.05) is 7.11 Å². The van der Waals surface area contributed by atoms with Crippen molar-refractivity contribution in [2.24, 2.45) is 0 Å². The van der Waals surface area contributed by atoms with E-state index in [1.807, 2.05) is 0 Å². The van der Waals surface area contributed by atoms with Gasteiger partial charge in [-0.2, -0.15) is 0 Å². The highest BCUT2D eigenvalue weighted by Gasteiger charge is 2.20. The molecule has 0 saturated heterocycles. The molecule has 2 aliphatic rings. The molecular formula is C23H24F2O4. The minimum absolute atomic E-state index is 0.139. The third-order valence-electron chi connectivity index (χ3n) is 5.50. The number of aromatic carboxylic acids is 1. The van der Waals surface area contributed by atoms with Crippen molar-refractivity contribution in [3.8, 4) is 0 Å². The zero-order chi connectivity index (χ0) is 21.0. The fraction of sp³-hybridized carbons (Fsp3) is 0.391. The van der Waals surface area contributed by atoms with Crippen molar-refractivity contribution in [3.63, 3.8) is 0 Å². The van der Waals surface area contributed by atoms with E-state index >= 15 is 0 Å². The minimum Gasteiger partial charge on any atom is -0.478 e. The summed E-state index contributed by atoms with van der Waals surface area (Å²) in [5, 5.41) is 8.90. The molecule has 4 rings (SSSR count). The van der Waals surface area contributed by atoms with Gasteiger partial charge in [-0.15, -0.1) is 0 Å². The van der Waals surface area contributed by atoms with E-state index in [4.69, 9.17) is 5.11 Å². The molecule has 29 heavy (non-hydrogen) atoms. The molecule has 0 radical (unpaired) electrons. The number of carboxylic acids is 1. The predicted molar refractivity (Wildman–Crippen MR) is 104 cm³/mol. The maximum absolute atomic E-state index is 13.2. The quantitative estimate of drug-likeness (QED) is 0.726. The number of carbonyl (C=O) groups is 2. The van der Waals surface area contributed by atoms with Crippen LogP contribution >= 0.6 is 0 Å². The second-order valence-corrected chi connectivity index (χ2v) is 7.39. The van der Waals surface area contributed by atoms with Gasteiger partial charge in [-0.25, -0.2) is 18.4 Å². The average molecular weight is 402 g/mol. The van der Waals surface area contributed by atoms with Crippen molar-refractivity contribution < 1.29 is 28.2 Å². The molecule has 0 amide bonds. The van der Waals surface area contributed by atoms with E-state index < -0.39 is 17.8 Å². The molecule has 0 fully saturated rings. The molecule has 0 unspecified atom stereocenters. The molecule has 2 aliphatic carbocycles. The van der Waals surface area contributed by atoms with E-state index in [1.165, 1.54) is 25.3 Å². The molecule has 0 bridgehead atoms. The van der Waals surface area contributed by atoms with Gasteiger partial charge in [-0.05, 0) is 97.9 Å². The van der Waals surface area contributed by atoms with Gasteiger partial charge in [0, 0.05) is 0 Å². The molecule has 2 aromatic carbocycles. The van der Waals surface area contributed by atoms with Crippen molar-refractivity contribution >= 4 is 11.9 Å². The third kappa shape index (κ3) is 4.81. The van der Waals surface area contributed by atoms with Crippen LogP contribution < -0.4 is 0 Å². The SMILES string of the molecule is COC(=O)c1cc(F)cc2c1CCCC2.O=C(O)c1cc(F)cc2c1CCCC2. The van der Waals surface area contributed by atoms with Crippen LogP contribution in [0.4, 0.5) is 8.78 Å². The van der Waals surface area contributed by atoms with E-state index in [9.17, 15) is 18.4 Å². The summed E-state index contributed by atoms with van der Waals surface area (Å²) >= 11 is 0. The Morgan fingerprint density at radius 2 is 1.24 bits per heavy atom. The normalized spacial score (nSPS) is 14.7. The molecule has 0 heterocycles. The molecule has 6 heteroatoms. The van der Waals surface area contributed by atoms with Crippen molar-refractivity contribution in [1.82, 2.24) is 0 Å². The Labute approximate surface area is 168 Å². The number of carbonyl (C=O) groups excluding carboxylic acids is 1. The number of fused-ring (bicyclic) bond motifs is 2. The van der Waals surface area contributed by atoms with Gasteiger partial charge in [0.1, 0.15) is 11.6 Å². The van der Waals surface area contributed by atoms with E-state index in [0.717, 1.165) is 79.7 Å². The molecule has 4 nitrogen and oxygen atoms in total. The first kappa shape index (κ1) is 21.0. The molecular weight excluding hydrogens is 378 g/mol. The maximum atomic E-state index is 13.2. The Morgan fingerprint density at radius 3 is 1.72 bits per heavy atom. The number of hydrogen-bond acceptors (Lipinski definition) is 3. The highest BCUT2D eigenvalue weighted by atomic mass is 19.1. The Bertz CT molecular complexity index is 937. The number of esters is 1. The van der Waals surface area contributed by atoms with E-state index in [2.05, 4.69) is 4.74 Å². The van der Waals surface area contributed by atoms with Crippen molar-refractivity contribution in [1.29, 1.82) is 0 Å². The lowest BCUT2D eigenvalue weighted by Gasteiger charge is -2.18. The Kier molecular flexibility index (Phi) is 6.62. The lowest BCUT2D eigenvalue weighted by molar-refractivity contribution is 0.0597. The fourth-order valence-electron chi connectivity index (χ4n) is 4.14. The fourth-order valence-corrected chi connectivity index (χ4v) is 4.14. The van der Waals surface area contributed by atoms with Gasteiger partial charge in [0.25, 0.3) is 0 Å². The summed E-state index contributed by atoms with van der Waals surface area (Å²) in [6.07, 6.45) is 7.41. The number of ether oxygens (including phenoxy) is 1. The summed E-state index contributed by atoms with van der Waals surface area (Å²) in [7, 11) is 1.32. The zero-order valence-electron chi connectivity index (χ0n) is 16.4. The summed E-state index contributed by atoms with van der Waals surface area (Å²) in [4.78, 5) is 22.3. The van der Waals surface area contributed by atoms with Crippen molar-refractivity contribution in [3.05, 3.63) is 69.3 Å². The Hall–Kier alpha value is -2.76. The molecule has 0 saturated carbocycles. The molecule has 0 spiro atoms. The molecule has 0 atom stereocenters. The van der Waals surface area contributed by atoms with E-state index in [0.29, 0.717) is 5.56 Å². The standard InChI is InChI=1S/C12H13FO2.C11H11FO2/c1-15-12(14)11-7-9(13)6-8-4-2-3-5-10(8)11;12-8-5-7-3-1-2-4-9(7)10(6-8)11(13)14/h6-7H,2-5H2,1H3;5-6H,1-4H2,(H,13,14). The van der Waals surface area contributed by atoms with Crippen LogP contribution in [0.5, 0.6) is 0 Å². The summed E-state index contributed by atoms with van der Waals surface area (Å²) in [6.45, 7) is 0. The minimum atomic E-state index is -1.03. The molecule has 2 aromatic rings. The number of aryl methyl sites for hydroxylation is 2. The first-order chi connectivity index (χ1) is 13.9. The van der Waals surface area contributed by atoms with Crippen LogP contribution in [0.15, 0.2) is 24.3 Å². The Morgan fingerprint density at radius 1 is 0.793 bits per heavy atom. The lowest BCUT2D eigenvalue weighted by Crippen LogP contribution is -2.12. The zero-order valence-corrected chi connectivity index (χ0v) is 16.4.